The normalized spacial score (nSPS) is 17.7. The number of likely N-dealkylation sites (N-methyl/N-ethyl adjacent to an activating group) is 1. The molecule has 1 atom stereocenters. The highest BCUT2D eigenvalue weighted by molar-refractivity contribution is 6.03. The largest absolute Gasteiger partial charge is 0.465 e. The summed E-state index contributed by atoms with van der Waals surface area (Å²) in [6.07, 6.45) is 6.64. The number of carbonyl (C=O) groups excluding carboxylic acids is 2. The van der Waals surface area contributed by atoms with Crippen molar-refractivity contribution in [2.45, 2.75) is 65.3 Å². The van der Waals surface area contributed by atoms with Gasteiger partial charge >= 0.3 is 5.97 Å². The highest BCUT2D eigenvalue weighted by Crippen LogP contribution is 2.27. The van der Waals surface area contributed by atoms with Gasteiger partial charge < -0.3 is 14.5 Å². The van der Waals surface area contributed by atoms with E-state index in [1.807, 2.05) is 19.9 Å². The second-order valence-electron chi connectivity index (χ2n) is 8.13. The predicted molar refractivity (Wildman–Crippen MR) is 109 cm³/mol. The molecule has 2 rings (SSSR count). The Morgan fingerprint density at radius 1 is 1.15 bits per heavy atom. The number of carbonyl (C=O) groups is 2. The highest BCUT2D eigenvalue weighted by atomic mass is 16.5. The summed E-state index contributed by atoms with van der Waals surface area (Å²) in [7, 11) is 3.59. The van der Waals surface area contributed by atoms with Crippen LogP contribution >= 0.6 is 0 Å². The average Bonchev–Trinajstić information content (AvgIpc) is 2.86. The van der Waals surface area contributed by atoms with Crippen LogP contribution in [-0.2, 0) is 9.53 Å². The molecule has 1 fully saturated rings. The minimum Gasteiger partial charge on any atom is -0.465 e. The Kier molecular flexibility index (Phi) is 7.42. The smallest absolute Gasteiger partial charge is 0.339 e. The van der Waals surface area contributed by atoms with Crippen LogP contribution in [0, 0.1) is 13.8 Å². The Balaban J connectivity index is 2.34. The van der Waals surface area contributed by atoms with E-state index in [1.165, 1.54) is 32.8 Å². The Morgan fingerprint density at radius 3 is 2.33 bits per heavy atom. The molecule has 0 spiro atoms. The molecule has 1 aromatic rings. The third-order valence-electron chi connectivity index (χ3n) is 5.84. The predicted octanol–water partition coefficient (Wildman–Crippen LogP) is 4.22. The Labute approximate surface area is 163 Å². The van der Waals surface area contributed by atoms with Gasteiger partial charge in [-0.05, 0) is 63.1 Å². The number of benzene rings is 1. The van der Waals surface area contributed by atoms with Crippen molar-refractivity contribution in [3.05, 3.63) is 28.8 Å². The zero-order valence-corrected chi connectivity index (χ0v) is 17.6. The quantitative estimate of drug-likeness (QED) is 0.598. The summed E-state index contributed by atoms with van der Waals surface area (Å²) in [5.41, 5.74) is 2.87. The zero-order valence-electron chi connectivity index (χ0n) is 17.6. The number of hydrogen-bond acceptors (Lipinski definition) is 3. The lowest BCUT2D eigenvalue weighted by atomic mass is 10.0. The molecule has 1 aliphatic heterocycles. The van der Waals surface area contributed by atoms with Crippen LogP contribution in [0.5, 0.6) is 0 Å². The van der Waals surface area contributed by atoms with Crippen molar-refractivity contribution in [3.8, 4) is 0 Å². The molecule has 1 heterocycles. The molecule has 0 bridgehead atoms. The third kappa shape index (κ3) is 5.10. The van der Waals surface area contributed by atoms with Crippen molar-refractivity contribution in [3.63, 3.8) is 0 Å². The van der Waals surface area contributed by atoms with Crippen molar-refractivity contribution in [2.24, 2.45) is 0 Å². The van der Waals surface area contributed by atoms with Gasteiger partial charge in [0.2, 0.25) is 0 Å². The van der Waals surface area contributed by atoms with Crippen molar-refractivity contribution >= 4 is 17.6 Å². The van der Waals surface area contributed by atoms with Gasteiger partial charge in [-0.15, -0.1) is 0 Å². The molecule has 0 aliphatic carbocycles. The minimum absolute atomic E-state index is 0.0124. The number of esters is 1. The second kappa shape index (κ2) is 9.36. The lowest BCUT2D eigenvalue weighted by molar-refractivity contribution is -0.924. The summed E-state index contributed by atoms with van der Waals surface area (Å²) >= 11 is 0. The van der Waals surface area contributed by atoms with E-state index in [-0.39, 0.29) is 11.9 Å². The topological polar surface area (TPSA) is 55.4 Å². The number of nitrogens with zero attached hydrogens (tertiary/aromatic N) is 1. The van der Waals surface area contributed by atoms with Crippen LogP contribution in [0.1, 0.15) is 66.9 Å². The number of hydrogen-bond donors (Lipinski definition) is 1. The molecule has 1 unspecified atom stereocenters. The molecule has 27 heavy (non-hydrogen) atoms. The first kappa shape index (κ1) is 21.4. The molecule has 5 heteroatoms. The van der Waals surface area contributed by atoms with Gasteiger partial charge in [0.05, 0.1) is 38.5 Å². The van der Waals surface area contributed by atoms with E-state index in [9.17, 15) is 9.59 Å². The maximum atomic E-state index is 13.3. The van der Waals surface area contributed by atoms with Gasteiger partial charge in [-0.25, -0.2) is 4.79 Å². The van der Waals surface area contributed by atoms with Gasteiger partial charge in [-0.3, -0.25) is 4.79 Å². The number of nitrogens with one attached hydrogen (secondary N) is 1. The SMILES string of the molecule is CCCC(C(=O)Nc1c(C)cc(C)cc1C(=O)OC)[N+]1(C)CCCCCC1. The summed E-state index contributed by atoms with van der Waals surface area (Å²) in [6, 6.07) is 3.67. The zero-order chi connectivity index (χ0) is 20.0. The number of anilines is 1. The monoisotopic (exact) mass is 375 g/mol. The molecule has 1 N–H and O–H groups in total. The summed E-state index contributed by atoms with van der Waals surface area (Å²) in [5, 5.41) is 3.09. The van der Waals surface area contributed by atoms with Gasteiger partial charge in [0.15, 0.2) is 6.04 Å². The van der Waals surface area contributed by atoms with Crippen LogP contribution in [0.15, 0.2) is 12.1 Å². The first-order valence-corrected chi connectivity index (χ1v) is 10.2. The Bertz CT molecular complexity index is 676. The van der Waals surface area contributed by atoms with Crippen LogP contribution in [0.3, 0.4) is 0 Å². The number of likely N-dealkylation sites (tertiary alicyclic amines) is 1. The van der Waals surface area contributed by atoms with E-state index >= 15 is 0 Å². The van der Waals surface area contributed by atoms with Crippen molar-refractivity contribution < 1.29 is 18.8 Å². The highest BCUT2D eigenvalue weighted by Gasteiger charge is 2.38. The van der Waals surface area contributed by atoms with E-state index in [1.54, 1.807) is 6.07 Å². The molecular weight excluding hydrogens is 340 g/mol. The lowest BCUT2D eigenvalue weighted by Gasteiger charge is -2.40. The molecule has 5 nitrogen and oxygen atoms in total. The lowest BCUT2D eigenvalue weighted by Crippen LogP contribution is -2.57. The number of methoxy groups -OCH3 is 1. The summed E-state index contributed by atoms with van der Waals surface area (Å²) in [5.74, 6) is -0.405. The molecule has 1 aromatic carbocycles. The van der Waals surface area contributed by atoms with Crippen LogP contribution in [0.2, 0.25) is 0 Å². The Morgan fingerprint density at radius 2 is 1.78 bits per heavy atom. The minimum atomic E-state index is -0.417. The molecule has 1 saturated heterocycles. The number of rotatable bonds is 6. The first-order valence-electron chi connectivity index (χ1n) is 10.2. The van der Waals surface area contributed by atoms with E-state index in [0.717, 1.165) is 41.5 Å². The molecular formula is C22H35N2O3+. The third-order valence-corrected chi connectivity index (χ3v) is 5.84. The van der Waals surface area contributed by atoms with Crippen LogP contribution in [-0.4, -0.2) is 49.6 Å². The van der Waals surface area contributed by atoms with Crippen LogP contribution in [0.4, 0.5) is 5.69 Å². The molecule has 150 valence electrons. The average molecular weight is 376 g/mol. The molecule has 1 amide bonds. The van der Waals surface area contributed by atoms with Crippen molar-refractivity contribution in [1.82, 2.24) is 0 Å². The van der Waals surface area contributed by atoms with E-state index < -0.39 is 5.97 Å². The second-order valence-corrected chi connectivity index (χ2v) is 8.13. The van der Waals surface area contributed by atoms with E-state index in [2.05, 4.69) is 19.3 Å². The summed E-state index contributed by atoms with van der Waals surface area (Å²) in [6.45, 7) is 8.06. The number of ether oxygens (including phenoxy) is 1. The van der Waals surface area contributed by atoms with Crippen molar-refractivity contribution in [1.29, 1.82) is 0 Å². The first-order chi connectivity index (χ1) is 12.8. The fraction of sp³-hybridized carbons (Fsp3) is 0.636. The number of amides is 1. The number of aryl methyl sites for hydroxylation is 2. The van der Waals surface area contributed by atoms with Crippen molar-refractivity contribution in [2.75, 3.05) is 32.6 Å². The molecule has 1 aliphatic rings. The standard InChI is InChI=1S/C22H34N2O3/c1-6-11-19(24(4)12-9-7-8-10-13-24)21(25)23-20-17(3)14-16(2)15-18(20)22(26)27-5/h14-15,19H,6-13H2,1-5H3/p+1. The summed E-state index contributed by atoms with van der Waals surface area (Å²) < 4.78 is 5.72. The molecule has 0 saturated carbocycles. The van der Waals surface area contributed by atoms with Gasteiger partial charge in [0, 0.05) is 6.42 Å². The molecule has 0 radical (unpaired) electrons. The molecule has 0 aromatic heterocycles. The van der Waals surface area contributed by atoms with E-state index in [0.29, 0.717) is 11.3 Å². The number of quaternary nitrogens is 1. The van der Waals surface area contributed by atoms with Gasteiger partial charge in [-0.1, -0.05) is 13.0 Å². The fourth-order valence-electron chi connectivity index (χ4n) is 4.33. The van der Waals surface area contributed by atoms with Gasteiger partial charge in [-0.2, -0.15) is 0 Å². The van der Waals surface area contributed by atoms with Crippen LogP contribution in [0.25, 0.3) is 0 Å². The maximum Gasteiger partial charge on any atom is 0.339 e. The maximum absolute atomic E-state index is 13.3. The van der Waals surface area contributed by atoms with Gasteiger partial charge in [0.25, 0.3) is 5.91 Å². The summed E-state index contributed by atoms with van der Waals surface area (Å²) in [4.78, 5) is 25.6. The fourth-order valence-corrected chi connectivity index (χ4v) is 4.33. The Hall–Kier alpha value is -1.88. The van der Waals surface area contributed by atoms with E-state index in [4.69, 9.17) is 4.74 Å². The van der Waals surface area contributed by atoms with Crippen LogP contribution < -0.4 is 5.32 Å². The van der Waals surface area contributed by atoms with Gasteiger partial charge in [0.1, 0.15) is 0 Å².